The van der Waals surface area contributed by atoms with Crippen LogP contribution in [0.4, 0.5) is 0 Å². The predicted octanol–water partition coefficient (Wildman–Crippen LogP) is 1.56. The summed E-state index contributed by atoms with van der Waals surface area (Å²) in [6.45, 7) is 5.91. The zero-order valence-corrected chi connectivity index (χ0v) is 20.3. The maximum atomic E-state index is 11.9. The highest BCUT2D eigenvalue weighted by Gasteiger charge is 2.53. The van der Waals surface area contributed by atoms with Crippen LogP contribution in [0.5, 0.6) is 5.75 Å². The van der Waals surface area contributed by atoms with Gasteiger partial charge < -0.3 is 32.8 Å². The zero-order chi connectivity index (χ0) is 26.6. The number of fused-ring (bicyclic) bond motifs is 1. The molecule has 1 aromatic carbocycles. The molecule has 5 atom stereocenters. The lowest BCUT2D eigenvalue weighted by molar-refractivity contribution is -0.288. The van der Waals surface area contributed by atoms with Crippen LogP contribution in [0.2, 0.25) is 0 Å². The van der Waals surface area contributed by atoms with Crippen molar-refractivity contribution in [2.24, 2.45) is 0 Å². The Bertz CT molecular complexity index is 1220. The third-order valence-corrected chi connectivity index (χ3v) is 5.12. The van der Waals surface area contributed by atoms with Gasteiger partial charge in [-0.15, -0.1) is 0 Å². The van der Waals surface area contributed by atoms with Gasteiger partial charge in [-0.05, 0) is 24.6 Å². The molecule has 2 heterocycles. The van der Waals surface area contributed by atoms with E-state index in [-0.39, 0.29) is 17.9 Å². The van der Waals surface area contributed by atoms with Crippen molar-refractivity contribution in [3.8, 4) is 5.75 Å². The summed E-state index contributed by atoms with van der Waals surface area (Å²) < 4.78 is 38.2. The van der Waals surface area contributed by atoms with Gasteiger partial charge in [0, 0.05) is 45.2 Å². The van der Waals surface area contributed by atoms with E-state index in [1.165, 1.54) is 19.1 Å². The van der Waals surface area contributed by atoms with Crippen LogP contribution in [0.3, 0.4) is 0 Å². The minimum Gasteiger partial charge on any atom is -0.463 e. The number of carbonyl (C=O) groups is 4. The van der Waals surface area contributed by atoms with Crippen LogP contribution >= 0.6 is 0 Å². The van der Waals surface area contributed by atoms with Gasteiger partial charge >= 0.3 is 29.5 Å². The lowest BCUT2D eigenvalue weighted by Crippen LogP contribution is -2.63. The van der Waals surface area contributed by atoms with E-state index in [0.717, 1.165) is 20.8 Å². The summed E-state index contributed by atoms with van der Waals surface area (Å²) in [4.78, 5) is 58.9. The quantitative estimate of drug-likeness (QED) is 0.304. The molecule has 3 rings (SSSR count). The van der Waals surface area contributed by atoms with Crippen LogP contribution in [0.15, 0.2) is 33.5 Å². The number of hydrogen-bond acceptors (Lipinski definition) is 12. The second kappa shape index (κ2) is 11.2. The smallest absolute Gasteiger partial charge is 0.336 e. The Hall–Kier alpha value is -3.93. The molecule has 0 saturated carbocycles. The first kappa shape index (κ1) is 26.7. The minimum absolute atomic E-state index is 0.164. The summed E-state index contributed by atoms with van der Waals surface area (Å²) in [6.07, 6.45) is -6.61. The number of esters is 4. The van der Waals surface area contributed by atoms with Crippen molar-refractivity contribution < 1.29 is 52.0 Å². The summed E-state index contributed by atoms with van der Waals surface area (Å²) >= 11 is 0. The molecule has 0 spiro atoms. The second-order valence-electron chi connectivity index (χ2n) is 8.09. The summed E-state index contributed by atoms with van der Waals surface area (Å²) in [5.74, 6) is -2.73. The number of hydrogen-bond donors (Lipinski definition) is 0. The molecule has 0 bridgehead atoms. The normalized spacial score (nSPS) is 23.4. The highest BCUT2D eigenvalue weighted by molar-refractivity contribution is 5.81. The van der Waals surface area contributed by atoms with E-state index in [9.17, 15) is 24.0 Å². The van der Waals surface area contributed by atoms with Crippen LogP contribution in [0, 0.1) is 6.92 Å². The molecular formula is C24H26O12. The van der Waals surface area contributed by atoms with E-state index in [1.807, 2.05) is 0 Å². The fraction of sp³-hybridized carbons (Fsp3) is 0.458. The molecule has 0 radical (unpaired) electrons. The van der Waals surface area contributed by atoms with Crippen molar-refractivity contribution in [3.63, 3.8) is 0 Å². The number of rotatable bonds is 7. The Labute approximate surface area is 205 Å². The number of carbonyl (C=O) groups excluding carboxylic acids is 4. The molecule has 2 unspecified atom stereocenters. The molecule has 12 nitrogen and oxygen atoms in total. The Morgan fingerprint density at radius 1 is 0.833 bits per heavy atom. The first-order valence-electron chi connectivity index (χ1n) is 11.0. The summed E-state index contributed by atoms with van der Waals surface area (Å²) in [5, 5.41) is 0.670. The largest absolute Gasteiger partial charge is 0.463 e. The van der Waals surface area contributed by atoms with Crippen LogP contribution in [0.1, 0.15) is 33.3 Å². The average Bonchev–Trinajstić information content (AvgIpc) is 2.75. The molecule has 12 heteroatoms. The monoisotopic (exact) mass is 506 g/mol. The Kier molecular flexibility index (Phi) is 8.30. The van der Waals surface area contributed by atoms with Gasteiger partial charge in [-0.3, -0.25) is 19.2 Å². The molecule has 0 aliphatic carbocycles. The molecular weight excluding hydrogens is 480 g/mol. The van der Waals surface area contributed by atoms with Crippen molar-refractivity contribution in [1.29, 1.82) is 0 Å². The van der Waals surface area contributed by atoms with Crippen LogP contribution in [-0.4, -0.2) is 61.2 Å². The third kappa shape index (κ3) is 6.60. The predicted molar refractivity (Wildman–Crippen MR) is 120 cm³/mol. The molecule has 2 aromatic rings. The summed E-state index contributed by atoms with van der Waals surface area (Å²) in [6, 6.07) is 6.03. The van der Waals surface area contributed by atoms with Crippen LogP contribution in [-0.2, 0) is 42.9 Å². The first-order chi connectivity index (χ1) is 16.9. The van der Waals surface area contributed by atoms with Crippen molar-refractivity contribution in [1.82, 2.24) is 0 Å². The molecule has 1 aliphatic heterocycles. The van der Waals surface area contributed by atoms with E-state index < -0.39 is 60.2 Å². The van der Waals surface area contributed by atoms with Crippen LogP contribution in [0.25, 0.3) is 11.0 Å². The fourth-order valence-electron chi connectivity index (χ4n) is 3.80. The minimum atomic E-state index is -1.40. The highest BCUT2D eigenvalue weighted by Crippen LogP contribution is 2.32. The first-order valence-corrected chi connectivity index (χ1v) is 11.0. The number of benzene rings is 1. The van der Waals surface area contributed by atoms with Gasteiger partial charge in [0.05, 0.1) is 0 Å². The summed E-state index contributed by atoms with van der Waals surface area (Å²) in [7, 11) is 0. The molecule has 1 fully saturated rings. The number of aryl methyl sites for hydroxylation is 1. The van der Waals surface area contributed by atoms with Gasteiger partial charge in [0.15, 0.2) is 12.2 Å². The van der Waals surface area contributed by atoms with E-state index >= 15 is 0 Å². The van der Waals surface area contributed by atoms with E-state index in [4.69, 9.17) is 32.8 Å². The second-order valence-corrected chi connectivity index (χ2v) is 8.09. The van der Waals surface area contributed by atoms with E-state index in [0.29, 0.717) is 10.9 Å². The molecule has 1 saturated heterocycles. The standard InChI is InChI=1S/C24H26O12/c1-11-8-20(29)35-18-9-16(6-7-17(11)18)34-24-23(33-15(5)28)22(32-14(4)27)21(31-13(3)26)19(36-24)10-30-12(2)25/h6-9,19,21-24H,10H2,1-5H3/t19?,21-,22?,23-,24+/m1/s1. The molecule has 36 heavy (non-hydrogen) atoms. The van der Waals surface area contributed by atoms with E-state index in [2.05, 4.69) is 0 Å². The van der Waals surface area contributed by atoms with E-state index in [1.54, 1.807) is 19.1 Å². The lowest BCUT2D eigenvalue weighted by Gasteiger charge is -2.43. The van der Waals surface area contributed by atoms with Gasteiger partial charge in [-0.1, -0.05) is 0 Å². The zero-order valence-electron chi connectivity index (χ0n) is 20.3. The van der Waals surface area contributed by atoms with Gasteiger partial charge in [-0.2, -0.15) is 0 Å². The lowest BCUT2D eigenvalue weighted by atomic mass is 9.98. The van der Waals surface area contributed by atoms with Crippen LogP contribution < -0.4 is 10.4 Å². The average molecular weight is 506 g/mol. The van der Waals surface area contributed by atoms with Crippen molar-refractivity contribution >= 4 is 34.8 Å². The van der Waals surface area contributed by atoms with Gasteiger partial charge in [0.25, 0.3) is 0 Å². The van der Waals surface area contributed by atoms with Gasteiger partial charge in [0.1, 0.15) is 24.0 Å². The topological polar surface area (TPSA) is 154 Å². The molecule has 194 valence electrons. The summed E-state index contributed by atoms with van der Waals surface area (Å²) in [5.41, 5.74) is 0.382. The maximum absolute atomic E-state index is 11.9. The van der Waals surface area contributed by atoms with Gasteiger partial charge in [-0.25, -0.2) is 4.79 Å². The fourth-order valence-corrected chi connectivity index (χ4v) is 3.80. The van der Waals surface area contributed by atoms with Crippen molar-refractivity contribution in [2.75, 3.05) is 6.61 Å². The maximum Gasteiger partial charge on any atom is 0.336 e. The third-order valence-electron chi connectivity index (χ3n) is 5.12. The van der Waals surface area contributed by atoms with Crippen molar-refractivity contribution in [2.45, 2.75) is 65.3 Å². The SMILES string of the molecule is CC(=O)OCC1O[C@H](Oc2ccc3c(C)cc(=O)oc3c2)[C@H](OC(C)=O)C(OC(C)=O)[C@@H]1OC(C)=O. The Balaban J connectivity index is 2.02. The molecule has 1 aromatic heterocycles. The molecule has 0 amide bonds. The van der Waals surface area contributed by atoms with Crippen molar-refractivity contribution in [3.05, 3.63) is 40.2 Å². The number of ether oxygens (including phenoxy) is 6. The molecule has 1 aliphatic rings. The highest BCUT2D eigenvalue weighted by atomic mass is 16.7. The molecule has 0 N–H and O–H groups in total. The van der Waals surface area contributed by atoms with Gasteiger partial charge in [0.2, 0.25) is 12.4 Å². The Morgan fingerprint density at radius 2 is 1.44 bits per heavy atom. The Morgan fingerprint density at radius 3 is 2.06 bits per heavy atom.